The summed E-state index contributed by atoms with van der Waals surface area (Å²) in [5.41, 5.74) is 2.15. The molecule has 1 saturated heterocycles. The summed E-state index contributed by atoms with van der Waals surface area (Å²) in [6.45, 7) is 4.40. The SMILES string of the molecule is C=C1CC(Cn2cc(CCC(=O)c3n[nH]c4ccccc34)nn2)O1. The minimum absolute atomic E-state index is 0.000579. The second-order valence-electron chi connectivity index (χ2n) is 5.96. The summed E-state index contributed by atoms with van der Waals surface area (Å²) in [5.74, 6) is 0.817. The number of ether oxygens (including phenoxy) is 1. The van der Waals surface area contributed by atoms with Crippen LogP contribution in [0.25, 0.3) is 10.9 Å². The molecule has 1 atom stereocenters. The van der Waals surface area contributed by atoms with E-state index in [0.29, 0.717) is 25.1 Å². The maximum atomic E-state index is 12.4. The Kier molecular flexibility index (Phi) is 3.60. The Morgan fingerprint density at radius 3 is 3.08 bits per heavy atom. The first-order valence-corrected chi connectivity index (χ1v) is 7.89. The van der Waals surface area contributed by atoms with E-state index in [4.69, 9.17) is 4.74 Å². The molecule has 1 N–H and O–H groups in total. The molecule has 0 aliphatic carbocycles. The molecule has 24 heavy (non-hydrogen) atoms. The minimum atomic E-state index is 0.000579. The molecule has 7 nitrogen and oxygen atoms in total. The molecule has 0 radical (unpaired) electrons. The van der Waals surface area contributed by atoms with E-state index in [1.54, 1.807) is 4.68 Å². The Hall–Kier alpha value is -2.96. The Morgan fingerprint density at radius 2 is 2.25 bits per heavy atom. The summed E-state index contributed by atoms with van der Waals surface area (Å²) >= 11 is 0. The van der Waals surface area contributed by atoms with Crippen LogP contribution in [0.2, 0.25) is 0 Å². The molecule has 1 aromatic carbocycles. The number of nitrogens with zero attached hydrogens (tertiary/aromatic N) is 4. The summed E-state index contributed by atoms with van der Waals surface area (Å²) < 4.78 is 7.14. The van der Waals surface area contributed by atoms with Gasteiger partial charge in [0.1, 0.15) is 11.8 Å². The van der Waals surface area contributed by atoms with Crippen molar-refractivity contribution in [1.29, 1.82) is 0 Å². The highest BCUT2D eigenvalue weighted by molar-refractivity contribution is 6.05. The topological polar surface area (TPSA) is 85.7 Å². The lowest BCUT2D eigenvalue weighted by molar-refractivity contribution is 0.00698. The average Bonchev–Trinajstić information content (AvgIpc) is 3.18. The van der Waals surface area contributed by atoms with Crippen molar-refractivity contribution in [3.05, 3.63) is 54.2 Å². The molecule has 1 fully saturated rings. The van der Waals surface area contributed by atoms with Gasteiger partial charge >= 0.3 is 0 Å². The molecule has 4 rings (SSSR count). The van der Waals surface area contributed by atoms with Gasteiger partial charge in [-0.15, -0.1) is 5.10 Å². The van der Waals surface area contributed by atoms with Crippen molar-refractivity contribution in [2.24, 2.45) is 0 Å². The van der Waals surface area contributed by atoms with Crippen LogP contribution in [0, 0.1) is 0 Å². The smallest absolute Gasteiger partial charge is 0.184 e. The number of hydrogen-bond acceptors (Lipinski definition) is 5. The lowest BCUT2D eigenvalue weighted by Gasteiger charge is -2.29. The summed E-state index contributed by atoms with van der Waals surface area (Å²) in [7, 11) is 0. The monoisotopic (exact) mass is 323 g/mol. The van der Waals surface area contributed by atoms with Crippen LogP contribution >= 0.6 is 0 Å². The Balaban J connectivity index is 1.37. The first-order chi connectivity index (χ1) is 11.7. The Bertz CT molecular complexity index is 902. The Morgan fingerprint density at radius 1 is 1.42 bits per heavy atom. The highest BCUT2D eigenvalue weighted by Crippen LogP contribution is 2.23. The lowest BCUT2D eigenvalue weighted by atomic mass is 10.1. The second-order valence-corrected chi connectivity index (χ2v) is 5.96. The van der Waals surface area contributed by atoms with Crippen LogP contribution in [-0.2, 0) is 17.7 Å². The maximum Gasteiger partial charge on any atom is 0.184 e. The first-order valence-electron chi connectivity index (χ1n) is 7.89. The molecule has 1 aliphatic heterocycles. The molecular formula is C17H17N5O2. The third-order valence-corrected chi connectivity index (χ3v) is 4.11. The van der Waals surface area contributed by atoms with Crippen molar-refractivity contribution in [2.75, 3.05) is 0 Å². The number of rotatable bonds is 6. The molecule has 3 aromatic rings. The molecule has 0 saturated carbocycles. The molecule has 1 unspecified atom stereocenters. The number of benzene rings is 1. The van der Waals surface area contributed by atoms with Gasteiger partial charge in [-0.05, 0) is 6.07 Å². The largest absolute Gasteiger partial charge is 0.493 e. The van der Waals surface area contributed by atoms with E-state index in [-0.39, 0.29) is 11.9 Å². The fourth-order valence-electron chi connectivity index (χ4n) is 2.87. The van der Waals surface area contributed by atoms with Gasteiger partial charge < -0.3 is 4.74 Å². The average molecular weight is 323 g/mol. The predicted octanol–water partition coefficient (Wildman–Crippen LogP) is 2.27. The molecule has 0 spiro atoms. The van der Waals surface area contributed by atoms with E-state index in [1.165, 1.54) is 0 Å². The Labute approximate surface area is 138 Å². The zero-order valence-corrected chi connectivity index (χ0v) is 13.1. The van der Waals surface area contributed by atoms with Gasteiger partial charge in [-0.25, -0.2) is 4.68 Å². The summed E-state index contributed by atoms with van der Waals surface area (Å²) in [5, 5.41) is 16.1. The van der Waals surface area contributed by atoms with Crippen molar-refractivity contribution in [1.82, 2.24) is 25.2 Å². The van der Waals surface area contributed by atoms with Gasteiger partial charge in [0.15, 0.2) is 5.78 Å². The van der Waals surface area contributed by atoms with Crippen LogP contribution in [0.5, 0.6) is 0 Å². The number of para-hydroxylation sites is 1. The van der Waals surface area contributed by atoms with Crippen molar-refractivity contribution in [3.63, 3.8) is 0 Å². The number of aryl methyl sites for hydroxylation is 1. The second kappa shape index (κ2) is 5.92. The van der Waals surface area contributed by atoms with Gasteiger partial charge in [0.05, 0.1) is 23.5 Å². The summed E-state index contributed by atoms with van der Waals surface area (Å²) in [6.07, 6.45) is 3.74. The van der Waals surface area contributed by atoms with Crippen LogP contribution < -0.4 is 0 Å². The molecule has 7 heteroatoms. The van der Waals surface area contributed by atoms with Crippen LogP contribution in [0.1, 0.15) is 29.0 Å². The van der Waals surface area contributed by atoms with Crippen LogP contribution in [0.4, 0.5) is 0 Å². The summed E-state index contributed by atoms with van der Waals surface area (Å²) in [4.78, 5) is 12.4. The van der Waals surface area contributed by atoms with E-state index < -0.39 is 0 Å². The van der Waals surface area contributed by atoms with Gasteiger partial charge in [-0.1, -0.05) is 30.0 Å². The maximum absolute atomic E-state index is 12.4. The molecule has 122 valence electrons. The molecule has 2 aromatic heterocycles. The van der Waals surface area contributed by atoms with E-state index in [9.17, 15) is 4.79 Å². The van der Waals surface area contributed by atoms with Gasteiger partial charge in [0.2, 0.25) is 0 Å². The van der Waals surface area contributed by atoms with Gasteiger partial charge in [-0.2, -0.15) is 5.10 Å². The quantitative estimate of drug-likeness (QED) is 0.703. The molecule has 3 heterocycles. The minimum Gasteiger partial charge on any atom is -0.493 e. The normalized spacial score (nSPS) is 16.8. The predicted molar refractivity (Wildman–Crippen MR) is 87.4 cm³/mol. The zero-order valence-electron chi connectivity index (χ0n) is 13.1. The fourth-order valence-corrected chi connectivity index (χ4v) is 2.87. The standard InChI is InChI=1S/C17H17N5O2/c1-11-8-13(24-11)10-22-9-12(18-21-22)6-7-16(23)17-14-4-2-3-5-15(14)19-20-17/h2-5,9,13H,1,6-8,10H2,(H,19,20). The third kappa shape index (κ3) is 2.80. The number of fused-ring (bicyclic) bond motifs is 1. The number of carbonyl (C=O) groups is 1. The number of nitrogens with one attached hydrogen (secondary N) is 1. The van der Waals surface area contributed by atoms with Crippen LogP contribution in [0.15, 0.2) is 42.8 Å². The number of aromatic amines is 1. The molecule has 1 aliphatic rings. The van der Waals surface area contributed by atoms with E-state index in [0.717, 1.165) is 28.8 Å². The number of Topliss-reactive ketones (excluding diaryl/α,β-unsaturated/α-hetero) is 1. The van der Waals surface area contributed by atoms with Crippen molar-refractivity contribution >= 4 is 16.7 Å². The van der Waals surface area contributed by atoms with Crippen molar-refractivity contribution in [3.8, 4) is 0 Å². The van der Waals surface area contributed by atoms with E-state index >= 15 is 0 Å². The highest BCUT2D eigenvalue weighted by atomic mass is 16.5. The van der Waals surface area contributed by atoms with E-state index in [1.807, 2.05) is 30.5 Å². The van der Waals surface area contributed by atoms with Crippen molar-refractivity contribution in [2.45, 2.75) is 31.9 Å². The van der Waals surface area contributed by atoms with E-state index in [2.05, 4.69) is 27.1 Å². The third-order valence-electron chi connectivity index (χ3n) is 4.11. The van der Waals surface area contributed by atoms with Crippen LogP contribution in [0.3, 0.4) is 0 Å². The zero-order chi connectivity index (χ0) is 16.5. The molecule has 0 bridgehead atoms. The summed E-state index contributed by atoms with van der Waals surface area (Å²) in [6, 6.07) is 7.61. The number of aromatic nitrogens is 5. The fraction of sp³-hybridized carbons (Fsp3) is 0.294. The number of H-pyrrole nitrogens is 1. The number of hydrogen-bond donors (Lipinski definition) is 1. The highest BCUT2D eigenvalue weighted by Gasteiger charge is 2.24. The van der Waals surface area contributed by atoms with Gasteiger partial charge in [0, 0.05) is 30.8 Å². The molecular weight excluding hydrogens is 306 g/mol. The van der Waals surface area contributed by atoms with Crippen LogP contribution in [-0.4, -0.2) is 37.1 Å². The first kappa shape index (κ1) is 14.6. The number of ketones is 1. The lowest BCUT2D eigenvalue weighted by Crippen LogP contribution is -2.29. The van der Waals surface area contributed by atoms with Gasteiger partial charge in [-0.3, -0.25) is 9.89 Å². The van der Waals surface area contributed by atoms with Gasteiger partial charge in [0.25, 0.3) is 0 Å². The van der Waals surface area contributed by atoms with Crippen molar-refractivity contribution < 1.29 is 9.53 Å². The number of carbonyl (C=O) groups excluding carboxylic acids is 1. The molecule has 0 amide bonds.